The van der Waals surface area contributed by atoms with Gasteiger partial charge >= 0.3 is 0 Å². The molecular formula is C27H28N4O3S2. The summed E-state index contributed by atoms with van der Waals surface area (Å²) in [4.78, 5) is 39.0. The second-order valence-corrected chi connectivity index (χ2v) is 10.6. The topological polar surface area (TPSA) is 111 Å². The Hall–Kier alpha value is -3.61. The summed E-state index contributed by atoms with van der Waals surface area (Å²) >= 11 is 2.42. The molecule has 36 heavy (non-hydrogen) atoms. The van der Waals surface area contributed by atoms with E-state index in [9.17, 15) is 19.6 Å². The normalized spacial score (nSPS) is 11.3. The quantitative estimate of drug-likeness (QED) is 0.267. The number of nitriles is 1. The Labute approximate surface area is 219 Å². The number of nitrogens with zero attached hydrogens (tertiary/aromatic N) is 1. The third-order valence-corrected chi connectivity index (χ3v) is 7.59. The highest BCUT2D eigenvalue weighted by Crippen LogP contribution is 2.34. The van der Waals surface area contributed by atoms with Crippen LogP contribution in [0.4, 0.5) is 16.4 Å². The zero-order chi connectivity index (χ0) is 26.1. The molecule has 9 heteroatoms. The first kappa shape index (κ1) is 27.0. The highest BCUT2D eigenvalue weighted by atomic mass is 32.2. The lowest BCUT2D eigenvalue weighted by atomic mass is 10.1. The first-order valence-electron chi connectivity index (χ1n) is 11.6. The van der Waals surface area contributed by atoms with Crippen LogP contribution in [-0.2, 0) is 9.59 Å². The van der Waals surface area contributed by atoms with E-state index in [-0.39, 0.29) is 23.3 Å². The van der Waals surface area contributed by atoms with E-state index in [2.05, 4.69) is 22.0 Å². The predicted molar refractivity (Wildman–Crippen MR) is 147 cm³/mol. The van der Waals surface area contributed by atoms with Gasteiger partial charge in [0.2, 0.25) is 11.8 Å². The fourth-order valence-electron chi connectivity index (χ4n) is 3.34. The van der Waals surface area contributed by atoms with Gasteiger partial charge in [-0.15, -0.1) is 23.1 Å². The number of unbranched alkanes of at least 4 members (excludes halogenated alkanes) is 1. The number of hydrogen-bond acceptors (Lipinski definition) is 6. The van der Waals surface area contributed by atoms with Crippen molar-refractivity contribution in [1.29, 1.82) is 5.26 Å². The first-order valence-corrected chi connectivity index (χ1v) is 13.3. The van der Waals surface area contributed by atoms with Crippen molar-refractivity contribution in [3.63, 3.8) is 0 Å². The van der Waals surface area contributed by atoms with E-state index < -0.39 is 5.25 Å². The van der Waals surface area contributed by atoms with Crippen LogP contribution in [0.3, 0.4) is 0 Å². The molecule has 3 rings (SSSR count). The summed E-state index contributed by atoms with van der Waals surface area (Å²) in [5.41, 5.74) is 2.13. The summed E-state index contributed by atoms with van der Waals surface area (Å²) in [7, 11) is 0. The Kier molecular flexibility index (Phi) is 9.68. The second kappa shape index (κ2) is 12.9. The Morgan fingerprint density at radius 1 is 1.03 bits per heavy atom. The minimum Gasteiger partial charge on any atom is -0.326 e. The fraction of sp³-hybridized carbons (Fsp3) is 0.259. The van der Waals surface area contributed by atoms with Gasteiger partial charge in [0.25, 0.3) is 5.91 Å². The van der Waals surface area contributed by atoms with E-state index in [0.717, 1.165) is 29.1 Å². The largest absolute Gasteiger partial charge is 0.326 e. The summed E-state index contributed by atoms with van der Waals surface area (Å²) in [6.07, 6.45) is 2.26. The lowest BCUT2D eigenvalue weighted by Gasteiger charge is -2.12. The molecule has 0 radical (unpaired) electrons. The maximum absolute atomic E-state index is 12.9. The third-order valence-electron chi connectivity index (χ3n) is 5.29. The molecule has 0 spiro atoms. The first-order chi connectivity index (χ1) is 17.3. The molecule has 1 atom stereocenters. The van der Waals surface area contributed by atoms with Gasteiger partial charge < -0.3 is 16.0 Å². The fourth-order valence-corrected chi connectivity index (χ4v) is 5.32. The molecule has 2 aromatic carbocycles. The van der Waals surface area contributed by atoms with Gasteiger partial charge in [0.1, 0.15) is 11.1 Å². The zero-order valence-electron chi connectivity index (χ0n) is 20.4. The van der Waals surface area contributed by atoms with Crippen LogP contribution in [0.25, 0.3) is 0 Å². The van der Waals surface area contributed by atoms with Crippen molar-refractivity contribution < 1.29 is 14.4 Å². The molecule has 0 saturated carbocycles. The lowest BCUT2D eigenvalue weighted by molar-refractivity contribution is -0.116. The van der Waals surface area contributed by atoms with Crippen LogP contribution in [-0.4, -0.2) is 23.0 Å². The van der Waals surface area contributed by atoms with Crippen LogP contribution in [0.1, 0.15) is 53.9 Å². The summed E-state index contributed by atoms with van der Waals surface area (Å²) < 4.78 is 0. The highest BCUT2D eigenvalue weighted by molar-refractivity contribution is 8.00. The molecule has 1 heterocycles. The van der Waals surface area contributed by atoms with Gasteiger partial charge in [0.15, 0.2) is 0 Å². The predicted octanol–water partition coefficient (Wildman–Crippen LogP) is 6.43. The number of thiophene rings is 1. The van der Waals surface area contributed by atoms with Gasteiger partial charge in [-0.05, 0) is 56.2 Å². The van der Waals surface area contributed by atoms with Gasteiger partial charge in [0.05, 0.1) is 15.7 Å². The maximum atomic E-state index is 12.9. The number of benzene rings is 2. The van der Waals surface area contributed by atoms with Crippen molar-refractivity contribution in [3.05, 3.63) is 70.6 Å². The number of amides is 3. The van der Waals surface area contributed by atoms with Crippen LogP contribution in [0.2, 0.25) is 0 Å². The van der Waals surface area contributed by atoms with E-state index >= 15 is 0 Å². The summed E-state index contributed by atoms with van der Waals surface area (Å²) in [6.45, 7) is 5.50. The third kappa shape index (κ3) is 7.20. The van der Waals surface area contributed by atoms with Crippen LogP contribution < -0.4 is 16.0 Å². The minimum absolute atomic E-state index is 0.0333. The molecule has 186 valence electrons. The van der Waals surface area contributed by atoms with Gasteiger partial charge in [-0.1, -0.05) is 37.6 Å². The number of anilines is 3. The van der Waals surface area contributed by atoms with E-state index in [0.29, 0.717) is 33.2 Å². The van der Waals surface area contributed by atoms with Gasteiger partial charge in [0, 0.05) is 22.7 Å². The maximum Gasteiger partial charge on any atom is 0.266 e. The number of hydrogen-bond donors (Lipinski definition) is 3. The molecule has 0 bridgehead atoms. The van der Waals surface area contributed by atoms with E-state index in [4.69, 9.17) is 0 Å². The van der Waals surface area contributed by atoms with E-state index in [1.165, 1.54) is 11.8 Å². The number of carbonyl (C=O) groups is 3. The van der Waals surface area contributed by atoms with Crippen molar-refractivity contribution in [2.24, 2.45) is 0 Å². The van der Waals surface area contributed by atoms with Crippen molar-refractivity contribution in [1.82, 2.24) is 0 Å². The van der Waals surface area contributed by atoms with Crippen molar-refractivity contribution >= 4 is 57.2 Å². The number of para-hydroxylation sites is 1. The monoisotopic (exact) mass is 520 g/mol. The molecule has 0 aliphatic heterocycles. The number of rotatable bonds is 10. The zero-order valence-corrected chi connectivity index (χ0v) is 22.0. The Bertz CT molecular complexity index is 1280. The molecule has 3 aromatic rings. The van der Waals surface area contributed by atoms with E-state index in [1.807, 2.05) is 49.4 Å². The molecule has 0 aliphatic carbocycles. The molecule has 0 fully saturated rings. The molecule has 0 aliphatic rings. The van der Waals surface area contributed by atoms with Gasteiger partial charge in [-0.2, -0.15) is 5.26 Å². The van der Waals surface area contributed by atoms with Crippen molar-refractivity contribution in [3.8, 4) is 6.07 Å². The van der Waals surface area contributed by atoms with Crippen molar-refractivity contribution in [2.75, 3.05) is 16.0 Å². The average Bonchev–Trinajstić information content (AvgIpc) is 3.18. The molecule has 7 nitrogen and oxygen atoms in total. The van der Waals surface area contributed by atoms with Crippen LogP contribution in [0, 0.1) is 18.3 Å². The number of nitrogens with one attached hydrogen (secondary N) is 3. The van der Waals surface area contributed by atoms with Gasteiger partial charge in [-0.3, -0.25) is 14.4 Å². The lowest BCUT2D eigenvalue weighted by Crippen LogP contribution is -2.22. The Balaban J connectivity index is 1.67. The number of thioether (sulfide) groups is 1. The smallest absolute Gasteiger partial charge is 0.266 e. The molecule has 0 saturated heterocycles. The van der Waals surface area contributed by atoms with Crippen LogP contribution in [0.15, 0.2) is 59.5 Å². The highest BCUT2D eigenvalue weighted by Gasteiger charge is 2.23. The number of carbonyl (C=O) groups excluding carboxylic acids is 3. The van der Waals surface area contributed by atoms with Crippen molar-refractivity contribution in [2.45, 2.75) is 50.2 Å². The summed E-state index contributed by atoms with van der Waals surface area (Å²) in [5, 5.41) is 18.1. The van der Waals surface area contributed by atoms with Crippen LogP contribution >= 0.6 is 23.1 Å². The summed E-state index contributed by atoms with van der Waals surface area (Å²) in [5.74, 6) is -0.653. The standard InChI is InChI=1S/C27H28N4O3S2/c1-4-5-14-23(32)29-20-12-9-13-21(15-20)35-18(3)25(33)31-27-22(16-28)17(2)24(36-27)26(34)30-19-10-7-6-8-11-19/h6-13,15,18H,4-5,14H2,1-3H3,(H,29,32)(H,30,34)(H,31,33). The average molecular weight is 521 g/mol. The second-order valence-electron chi connectivity index (χ2n) is 8.12. The molecule has 1 unspecified atom stereocenters. The molecule has 3 amide bonds. The van der Waals surface area contributed by atoms with Crippen LogP contribution in [0.5, 0.6) is 0 Å². The van der Waals surface area contributed by atoms with Gasteiger partial charge in [-0.25, -0.2) is 0 Å². The molecular weight excluding hydrogens is 492 g/mol. The van der Waals surface area contributed by atoms with E-state index in [1.54, 1.807) is 26.0 Å². The molecule has 3 N–H and O–H groups in total. The SMILES string of the molecule is CCCCC(=O)Nc1cccc(SC(C)C(=O)Nc2sc(C(=O)Nc3ccccc3)c(C)c2C#N)c1. The minimum atomic E-state index is -0.480. The molecule has 1 aromatic heterocycles. The Morgan fingerprint density at radius 2 is 1.75 bits per heavy atom. The Morgan fingerprint density at radius 3 is 2.44 bits per heavy atom. The summed E-state index contributed by atoms with van der Waals surface area (Å²) in [6, 6.07) is 18.5.